The Balaban J connectivity index is 0.000000921. The van der Waals surface area contributed by atoms with E-state index in [1.165, 1.54) is 0 Å². The van der Waals surface area contributed by atoms with Crippen LogP contribution < -0.4 is 5.32 Å². The average molecular weight is 283 g/mol. The zero-order chi connectivity index (χ0) is 16.1. The number of carbonyl (C=O) groups is 1. The van der Waals surface area contributed by atoms with Crippen LogP contribution in [0.25, 0.3) is 5.57 Å². The van der Waals surface area contributed by atoms with Gasteiger partial charge in [-0.3, -0.25) is 4.79 Å². The van der Waals surface area contributed by atoms with Crippen LogP contribution in [0.5, 0.6) is 0 Å². The topological polar surface area (TPSA) is 29.1 Å². The van der Waals surface area contributed by atoms with Crippen molar-refractivity contribution in [3.8, 4) is 0 Å². The molecular formula is C19H25NO. The standard InChI is InChI=1S/C15H13NO.2C2H6/c1-12(13-8-4-2-5-9-13)15(17)16-14-10-6-3-7-11-14;2*1-2/h2-11H,1H2,(H,16,17);2*1-2H3. The summed E-state index contributed by atoms with van der Waals surface area (Å²) in [4.78, 5) is 11.9. The highest BCUT2D eigenvalue weighted by Crippen LogP contribution is 2.14. The van der Waals surface area contributed by atoms with Crippen molar-refractivity contribution in [3.63, 3.8) is 0 Å². The van der Waals surface area contributed by atoms with Crippen LogP contribution >= 0.6 is 0 Å². The van der Waals surface area contributed by atoms with Gasteiger partial charge in [-0.15, -0.1) is 0 Å². The monoisotopic (exact) mass is 283 g/mol. The molecule has 2 aromatic carbocycles. The van der Waals surface area contributed by atoms with Gasteiger partial charge in [0, 0.05) is 11.3 Å². The van der Waals surface area contributed by atoms with Gasteiger partial charge in [0.2, 0.25) is 0 Å². The fraction of sp³-hybridized carbons (Fsp3) is 0.211. The molecule has 0 bridgehead atoms. The van der Waals surface area contributed by atoms with E-state index in [0.29, 0.717) is 5.57 Å². The first-order chi connectivity index (χ1) is 10.3. The molecule has 1 N–H and O–H groups in total. The largest absolute Gasteiger partial charge is 0.322 e. The molecule has 0 atom stereocenters. The molecule has 0 saturated carbocycles. The molecule has 0 radical (unpaired) electrons. The number of carbonyl (C=O) groups excluding carboxylic acids is 1. The number of nitrogens with one attached hydrogen (secondary N) is 1. The number of hydrogen-bond donors (Lipinski definition) is 1. The highest BCUT2D eigenvalue weighted by molar-refractivity contribution is 6.24. The Kier molecular flexibility index (Phi) is 10.2. The summed E-state index contributed by atoms with van der Waals surface area (Å²) in [7, 11) is 0. The maximum absolute atomic E-state index is 11.9. The molecule has 0 aliphatic heterocycles. The van der Waals surface area contributed by atoms with Crippen LogP contribution in [-0.2, 0) is 4.79 Å². The van der Waals surface area contributed by atoms with E-state index in [9.17, 15) is 4.79 Å². The average Bonchev–Trinajstić information content (AvgIpc) is 2.59. The lowest BCUT2D eigenvalue weighted by atomic mass is 10.1. The van der Waals surface area contributed by atoms with Crippen LogP contribution in [-0.4, -0.2) is 5.91 Å². The maximum Gasteiger partial charge on any atom is 0.255 e. The summed E-state index contributed by atoms with van der Waals surface area (Å²) in [6.45, 7) is 11.8. The van der Waals surface area contributed by atoms with Crippen molar-refractivity contribution in [2.75, 3.05) is 5.32 Å². The lowest BCUT2D eigenvalue weighted by molar-refractivity contribution is -0.111. The number of anilines is 1. The summed E-state index contributed by atoms with van der Waals surface area (Å²) in [6, 6.07) is 18.8. The van der Waals surface area contributed by atoms with Crippen LogP contribution in [0, 0.1) is 0 Å². The van der Waals surface area contributed by atoms with Gasteiger partial charge < -0.3 is 5.32 Å². The number of para-hydroxylation sites is 1. The van der Waals surface area contributed by atoms with Crippen LogP contribution in [0.2, 0.25) is 0 Å². The Bertz CT molecular complexity index is 518. The van der Waals surface area contributed by atoms with Crippen molar-refractivity contribution in [3.05, 3.63) is 72.8 Å². The van der Waals surface area contributed by atoms with E-state index in [1.807, 2.05) is 88.4 Å². The molecule has 112 valence electrons. The lowest BCUT2D eigenvalue weighted by Crippen LogP contribution is -2.12. The molecule has 0 aliphatic rings. The molecule has 2 rings (SSSR count). The first-order valence-corrected chi connectivity index (χ1v) is 7.38. The van der Waals surface area contributed by atoms with Crippen molar-refractivity contribution >= 4 is 17.2 Å². The molecule has 0 fully saturated rings. The van der Waals surface area contributed by atoms with Crippen LogP contribution in [0.15, 0.2) is 67.2 Å². The summed E-state index contributed by atoms with van der Waals surface area (Å²) in [5, 5.41) is 2.80. The van der Waals surface area contributed by atoms with E-state index in [1.54, 1.807) is 0 Å². The summed E-state index contributed by atoms with van der Waals surface area (Å²) in [5.74, 6) is -0.178. The van der Waals surface area contributed by atoms with Crippen LogP contribution in [0.3, 0.4) is 0 Å². The van der Waals surface area contributed by atoms with E-state index in [0.717, 1.165) is 11.3 Å². The normalized spacial score (nSPS) is 8.38. The molecule has 2 aromatic rings. The van der Waals surface area contributed by atoms with Crippen molar-refractivity contribution in [1.29, 1.82) is 0 Å². The SMILES string of the molecule is C=C(C(=O)Nc1ccccc1)c1ccccc1.CC.CC. The van der Waals surface area contributed by atoms with Gasteiger partial charge in [0.25, 0.3) is 5.91 Å². The highest BCUT2D eigenvalue weighted by atomic mass is 16.1. The Morgan fingerprint density at radius 3 is 1.71 bits per heavy atom. The van der Waals surface area contributed by atoms with Gasteiger partial charge in [-0.2, -0.15) is 0 Å². The smallest absolute Gasteiger partial charge is 0.255 e. The predicted octanol–water partition coefficient (Wildman–Crippen LogP) is 5.39. The van der Waals surface area contributed by atoms with Gasteiger partial charge in [-0.25, -0.2) is 0 Å². The van der Waals surface area contributed by atoms with Crippen molar-refractivity contribution < 1.29 is 4.79 Å². The summed E-state index contributed by atoms with van der Waals surface area (Å²) >= 11 is 0. The zero-order valence-electron chi connectivity index (χ0n) is 13.4. The van der Waals surface area contributed by atoms with E-state index in [-0.39, 0.29) is 5.91 Å². The third kappa shape index (κ3) is 6.57. The minimum atomic E-state index is -0.178. The molecule has 2 nitrogen and oxygen atoms in total. The third-order valence-corrected chi connectivity index (χ3v) is 2.43. The number of hydrogen-bond acceptors (Lipinski definition) is 1. The molecule has 0 spiro atoms. The Labute approximate surface area is 128 Å². The molecule has 0 heterocycles. The lowest BCUT2D eigenvalue weighted by Gasteiger charge is -2.07. The molecule has 0 unspecified atom stereocenters. The van der Waals surface area contributed by atoms with Gasteiger partial charge in [-0.05, 0) is 17.7 Å². The van der Waals surface area contributed by atoms with E-state index < -0.39 is 0 Å². The Morgan fingerprint density at radius 2 is 1.24 bits per heavy atom. The van der Waals surface area contributed by atoms with Crippen molar-refractivity contribution in [2.45, 2.75) is 27.7 Å². The fourth-order valence-corrected chi connectivity index (χ4v) is 1.50. The van der Waals surface area contributed by atoms with Gasteiger partial charge >= 0.3 is 0 Å². The van der Waals surface area contributed by atoms with Crippen LogP contribution in [0.4, 0.5) is 5.69 Å². The summed E-state index contributed by atoms with van der Waals surface area (Å²) in [5.41, 5.74) is 2.07. The Hall–Kier alpha value is -2.35. The minimum Gasteiger partial charge on any atom is -0.322 e. The number of amides is 1. The second kappa shape index (κ2) is 11.5. The van der Waals surface area contributed by atoms with Gasteiger partial charge in [0.15, 0.2) is 0 Å². The molecule has 21 heavy (non-hydrogen) atoms. The second-order valence-corrected chi connectivity index (χ2v) is 3.66. The fourth-order valence-electron chi connectivity index (χ4n) is 1.50. The molecule has 0 aromatic heterocycles. The molecule has 1 amide bonds. The van der Waals surface area contributed by atoms with Gasteiger partial charge in [0.05, 0.1) is 0 Å². The van der Waals surface area contributed by atoms with Crippen LogP contribution in [0.1, 0.15) is 33.3 Å². The van der Waals surface area contributed by atoms with Crippen molar-refractivity contribution in [1.82, 2.24) is 0 Å². The summed E-state index contributed by atoms with van der Waals surface area (Å²) in [6.07, 6.45) is 0. The zero-order valence-corrected chi connectivity index (χ0v) is 13.4. The number of rotatable bonds is 3. The quantitative estimate of drug-likeness (QED) is 0.752. The minimum absolute atomic E-state index is 0.178. The van der Waals surface area contributed by atoms with E-state index >= 15 is 0 Å². The van der Waals surface area contributed by atoms with Crippen molar-refractivity contribution in [2.24, 2.45) is 0 Å². The van der Waals surface area contributed by atoms with E-state index in [2.05, 4.69) is 11.9 Å². The molecule has 2 heteroatoms. The summed E-state index contributed by atoms with van der Waals surface area (Å²) < 4.78 is 0. The number of benzene rings is 2. The third-order valence-electron chi connectivity index (χ3n) is 2.43. The maximum atomic E-state index is 11.9. The Morgan fingerprint density at radius 1 is 0.810 bits per heavy atom. The molecule has 0 saturated heterocycles. The van der Waals surface area contributed by atoms with Gasteiger partial charge in [0.1, 0.15) is 0 Å². The van der Waals surface area contributed by atoms with E-state index in [4.69, 9.17) is 0 Å². The molecular weight excluding hydrogens is 258 g/mol. The second-order valence-electron chi connectivity index (χ2n) is 3.66. The first-order valence-electron chi connectivity index (χ1n) is 7.38. The molecule has 0 aliphatic carbocycles. The predicted molar refractivity (Wildman–Crippen MR) is 93.2 cm³/mol. The highest BCUT2D eigenvalue weighted by Gasteiger charge is 2.08. The first kappa shape index (κ1) is 18.6. The van der Waals surface area contributed by atoms with Gasteiger partial charge in [-0.1, -0.05) is 82.8 Å².